The quantitative estimate of drug-likeness (QED) is 0.833. The van der Waals surface area contributed by atoms with Crippen molar-refractivity contribution in [1.29, 1.82) is 0 Å². The summed E-state index contributed by atoms with van der Waals surface area (Å²) >= 11 is 0. The van der Waals surface area contributed by atoms with Crippen molar-refractivity contribution in [2.24, 2.45) is 0 Å². The van der Waals surface area contributed by atoms with Crippen LogP contribution in [0.5, 0.6) is 0 Å². The summed E-state index contributed by atoms with van der Waals surface area (Å²) in [5.74, 6) is -0.157. The van der Waals surface area contributed by atoms with Crippen LogP contribution in [0.4, 0.5) is 4.39 Å². The number of likely N-dealkylation sites (N-methyl/N-ethyl adjacent to an activating group) is 1. The Morgan fingerprint density at radius 2 is 1.90 bits per heavy atom. The number of rotatable bonds is 7. The summed E-state index contributed by atoms with van der Waals surface area (Å²) in [7, 11) is 2.19. The zero-order valence-corrected chi connectivity index (χ0v) is 13.3. The lowest BCUT2D eigenvalue weighted by atomic mass is 10.0. The number of piperazine rings is 1. The monoisotopic (exact) mass is 293 g/mol. The number of nitrogens with zero attached hydrogens (tertiary/aromatic N) is 2. The molecule has 118 valence electrons. The molecule has 1 aliphatic heterocycles. The average molecular weight is 293 g/mol. The summed E-state index contributed by atoms with van der Waals surface area (Å²) in [6.07, 6.45) is 2.41. The first-order valence-corrected chi connectivity index (χ1v) is 8.09. The van der Waals surface area contributed by atoms with Crippen LogP contribution >= 0.6 is 0 Å². The fourth-order valence-electron chi connectivity index (χ4n) is 2.89. The van der Waals surface area contributed by atoms with E-state index >= 15 is 0 Å². The van der Waals surface area contributed by atoms with Crippen molar-refractivity contribution in [1.82, 2.24) is 15.1 Å². The Morgan fingerprint density at radius 3 is 2.52 bits per heavy atom. The first-order chi connectivity index (χ1) is 10.2. The summed E-state index contributed by atoms with van der Waals surface area (Å²) in [4.78, 5) is 4.92. The Bertz CT molecular complexity index is 401. The minimum absolute atomic E-state index is 0.157. The van der Waals surface area contributed by atoms with Crippen molar-refractivity contribution in [3.05, 3.63) is 35.6 Å². The fourth-order valence-corrected chi connectivity index (χ4v) is 2.89. The van der Waals surface area contributed by atoms with Crippen LogP contribution in [0.3, 0.4) is 0 Å². The van der Waals surface area contributed by atoms with Gasteiger partial charge in [-0.25, -0.2) is 4.39 Å². The molecule has 0 spiro atoms. The van der Waals surface area contributed by atoms with Gasteiger partial charge in [0.25, 0.3) is 0 Å². The van der Waals surface area contributed by atoms with Crippen LogP contribution in [0.2, 0.25) is 0 Å². The summed E-state index contributed by atoms with van der Waals surface area (Å²) in [5.41, 5.74) is 1.22. The second kappa shape index (κ2) is 8.47. The number of halogens is 1. The Kier molecular flexibility index (Phi) is 6.61. The third-order valence-corrected chi connectivity index (χ3v) is 4.29. The van der Waals surface area contributed by atoms with Gasteiger partial charge in [0, 0.05) is 38.8 Å². The number of nitrogens with one attached hydrogen (secondary N) is 1. The lowest BCUT2D eigenvalue weighted by molar-refractivity contribution is 0.149. The lowest BCUT2D eigenvalue weighted by Crippen LogP contribution is -2.47. The summed E-state index contributed by atoms with van der Waals surface area (Å²) in [6.45, 7) is 8.65. The minimum atomic E-state index is -0.157. The van der Waals surface area contributed by atoms with Crippen LogP contribution < -0.4 is 5.32 Å². The molecule has 0 aromatic heterocycles. The molecule has 1 saturated heterocycles. The Balaban J connectivity index is 2.06. The second-order valence-electron chi connectivity index (χ2n) is 5.95. The number of unbranched alkanes of at least 4 members (excludes halogenated alkanes) is 1. The van der Waals surface area contributed by atoms with E-state index in [0.717, 1.165) is 39.3 Å². The molecule has 0 saturated carbocycles. The number of hydrogen-bond donors (Lipinski definition) is 1. The molecule has 4 heteroatoms. The molecule has 1 aromatic rings. The maximum atomic E-state index is 13.2. The van der Waals surface area contributed by atoms with Crippen molar-refractivity contribution in [3.8, 4) is 0 Å². The largest absolute Gasteiger partial charge is 0.314 e. The number of hydrogen-bond acceptors (Lipinski definition) is 3. The van der Waals surface area contributed by atoms with Crippen molar-refractivity contribution >= 4 is 0 Å². The van der Waals surface area contributed by atoms with Gasteiger partial charge >= 0.3 is 0 Å². The minimum Gasteiger partial charge on any atom is -0.314 e. The highest BCUT2D eigenvalue weighted by atomic mass is 19.1. The van der Waals surface area contributed by atoms with Crippen molar-refractivity contribution in [3.63, 3.8) is 0 Å². The highest BCUT2D eigenvalue weighted by molar-refractivity contribution is 5.20. The highest BCUT2D eigenvalue weighted by Crippen LogP contribution is 2.22. The second-order valence-corrected chi connectivity index (χ2v) is 5.95. The molecule has 1 fully saturated rings. The predicted molar refractivity (Wildman–Crippen MR) is 86.0 cm³/mol. The van der Waals surface area contributed by atoms with Crippen LogP contribution in [0.15, 0.2) is 24.3 Å². The third-order valence-electron chi connectivity index (χ3n) is 4.29. The van der Waals surface area contributed by atoms with Gasteiger partial charge in [-0.05, 0) is 37.7 Å². The molecule has 1 atom stereocenters. The first-order valence-electron chi connectivity index (χ1n) is 8.09. The zero-order valence-electron chi connectivity index (χ0n) is 13.3. The molecule has 1 heterocycles. The average Bonchev–Trinajstić information content (AvgIpc) is 2.52. The molecule has 21 heavy (non-hydrogen) atoms. The van der Waals surface area contributed by atoms with Gasteiger partial charge in [-0.15, -0.1) is 0 Å². The van der Waals surface area contributed by atoms with E-state index < -0.39 is 0 Å². The summed E-state index contributed by atoms with van der Waals surface area (Å²) in [5, 5.41) is 3.39. The highest BCUT2D eigenvalue weighted by Gasteiger charge is 2.21. The molecule has 1 unspecified atom stereocenters. The van der Waals surface area contributed by atoms with E-state index in [1.165, 1.54) is 18.4 Å². The SMILES string of the molecule is CCCCN(C)C(CN1CCNCC1)c1ccc(F)cc1. The van der Waals surface area contributed by atoms with Crippen molar-refractivity contribution in [2.75, 3.05) is 46.3 Å². The topological polar surface area (TPSA) is 18.5 Å². The third kappa shape index (κ3) is 5.06. The number of benzene rings is 1. The Labute approximate surface area is 128 Å². The van der Waals surface area contributed by atoms with Gasteiger partial charge in [0.15, 0.2) is 0 Å². The van der Waals surface area contributed by atoms with Crippen LogP contribution in [-0.2, 0) is 0 Å². The van der Waals surface area contributed by atoms with Gasteiger partial charge in [0.1, 0.15) is 5.82 Å². The molecule has 1 N–H and O–H groups in total. The standard InChI is InChI=1S/C17H28FN3/c1-3-4-11-20(2)17(14-21-12-9-19-10-13-21)15-5-7-16(18)8-6-15/h5-8,17,19H,3-4,9-14H2,1-2H3. The molecule has 1 aliphatic rings. The lowest BCUT2D eigenvalue weighted by Gasteiger charge is -2.35. The van der Waals surface area contributed by atoms with Crippen LogP contribution in [-0.4, -0.2) is 56.1 Å². The van der Waals surface area contributed by atoms with Gasteiger partial charge in [0.05, 0.1) is 0 Å². The van der Waals surface area contributed by atoms with E-state index in [-0.39, 0.29) is 5.82 Å². The maximum absolute atomic E-state index is 13.2. The molecule has 1 aromatic carbocycles. The molecule has 0 amide bonds. The van der Waals surface area contributed by atoms with E-state index in [1.807, 2.05) is 12.1 Å². The van der Waals surface area contributed by atoms with Gasteiger partial charge in [-0.2, -0.15) is 0 Å². The zero-order chi connectivity index (χ0) is 15.1. The summed E-state index contributed by atoms with van der Waals surface area (Å²) in [6, 6.07) is 7.37. The van der Waals surface area contributed by atoms with Crippen molar-refractivity contribution < 1.29 is 4.39 Å². The van der Waals surface area contributed by atoms with Crippen LogP contribution in [0, 0.1) is 5.82 Å². The van der Waals surface area contributed by atoms with Crippen molar-refractivity contribution in [2.45, 2.75) is 25.8 Å². The molecule has 2 rings (SSSR count). The van der Waals surface area contributed by atoms with Gasteiger partial charge in [0.2, 0.25) is 0 Å². The van der Waals surface area contributed by atoms with Crippen LogP contribution in [0.1, 0.15) is 31.4 Å². The molecule has 0 radical (unpaired) electrons. The van der Waals surface area contributed by atoms with Gasteiger partial charge in [-0.1, -0.05) is 25.5 Å². The normalized spacial score (nSPS) is 18.1. The maximum Gasteiger partial charge on any atom is 0.123 e. The van der Waals surface area contributed by atoms with Gasteiger partial charge < -0.3 is 5.32 Å². The van der Waals surface area contributed by atoms with Crippen LogP contribution in [0.25, 0.3) is 0 Å². The molecular weight excluding hydrogens is 265 g/mol. The molecule has 0 aliphatic carbocycles. The molecule has 0 bridgehead atoms. The van der Waals surface area contributed by atoms with E-state index in [2.05, 4.69) is 29.1 Å². The van der Waals surface area contributed by atoms with E-state index in [9.17, 15) is 4.39 Å². The van der Waals surface area contributed by atoms with E-state index in [1.54, 1.807) is 12.1 Å². The first kappa shape index (κ1) is 16.4. The fraction of sp³-hybridized carbons (Fsp3) is 0.647. The molecular formula is C17H28FN3. The summed E-state index contributed by atoms with van der Waals surface area (Å²) < 4.78 is 13.2. The van der Waals surface area contributed by atoms with E-state index in [0.29, 0.717) is 6.04 Å². The Hall–Kier alpha value is -0.970. The molecule has 3 nitrogen and oxygen atoms in total. The Morgan fingerprint density at radius 1 is 1.24 bits per heavy atom. The smallest absolute Gasteiger partial charge is 0.123 e. The predicted octanol–water partition coefficient (Wildman–Crippen LogP) is 2.50. The van der Waals surface area contributed by atoms with E-state index in [4.69, 9.17) is 0 Å². The van der Waals surface area contributed by atoms with Gasteiger partial charge in [-0.3, -0.25) is 9.80 Å².